The van der Waals surface area contributed by atoms with Crippen LogP contribution in [-0.2, 0) is 0 Å². The molecule has 3 aromatic rings. The van der Waals surface area contributed by atoms with Gasteiger partial charge in [-0.25, -0.2) is 4.68 Å². The monoisotopic (exact) mass is 252 g/mol. The van der Waals surface area contributed by atoms with Crippen molar-refractivity contribution in [1.29, 1.82) is 0 Å². The fraction of sp³-hybridized carbons (Fsp3) is 0.0667. The lowest BCUT2D eigenvalue weighted by Gasteiger charge is -2.04. The Morgan fingerprint density at radius 2 is 2.05 bits per heavy atom. The van der Waals surface area contributed by atoms with Crippen LogP contribution in [0.15, 0.2) is 53.3 Å². The zero-order chi connectivity index (χ0) is 13.2. The molecular weight excluding hydrogens is 240 g/mol. The number of aromatic nitrogens is 2. The molecule has 0 aliphatic heterocycles. The quantitative estimate of drug-likeness (QED) is 0.672. The van der Waals surface area contributed by atoms with Crippen molar-refractivity contribution in [1.82, 2.24) is 9.78 Å². The lowest BCUT2D eigenvalue weighted by molar-refractivity contribution is 0.112. The van der Waals surface area contributed by atoms with E-state index in [0.29, 0.717) is 17.0 Å². The molecule has 0 spiro atoms. The number of aryl methyl sites for hydroxylation is 1. The second-order valence-corrected chi connectivity index (χ2v) is 4.26. The van der Waals surface area contributed by atoms with Crippen LogP contribution in [0.5, 0.6) is 0 Å². The molecule has 3 rings (SSSR count). The molecule has 0 saturated carbocycles. The van der Waals surface area contributed by atoms with Gasteiger partial charge >= 0.3 is 0 Å². The number of rotatable bonds is 3. The van der Waals surface area contributed by atoms with Gasteiger partial charge in [0.25, 0.3) is 0 Å². The SMILES string of the molecule is Cc1ccccc1-n1cc(C=O)c(-c2ccco2)n1. The summed E-state index contributed by atoms with van der Waals surface area (Å²) in [7, 11) is 0. The molecule has 2 aromatic heterocycles. The number of carbonyl (C=O) groups excluding carboxylic acids is 1. The third kappa shape index (κ3) is 1.97. The maximum atomic E-state index is 11.2. The smallest absolute Gasteiger partial charge is 0.154 e. The van der Waals surface area contributed by atoms with Gasteiger partial charge in [0.15, 0.2) is 12.0 Å². The van der Waals surface area contributed by atoms with E-state index < -0.39 is 0 Å². The van der Waals surface area contributed by atoms with Gasteiger partial charge in [0, 0.05) is 6.20 Å². The molecule has 0 atom stereocenters. The van der Waals surface area contributed by atoms with Crippen LogP contribution in [0.4, 0.5) is 0 Å². The van der Waals surface area contributed by atoms with Crippen LogP contribution in [0.2, 0.25) is 0 Å². The maximum absolute atomic E-state index is 11.2. The van der Waals surface area contributed by atoms with Crippen molar-refractivity contribution in [2.45, 2.75) is 6.92 Å². The number of nitrogens with zero attached hydrogens (tertiary/aromatic N) is 2. The zero-order valence-corrected chi connectivity index (χ0v) is 10.4. The first-order valence-corrected chi connectivity index (χ1v) is 5.94. The summed E-state index contributed by atoms with van der Waals surface area (Å²) >= 11 is 0. The molecule has 0 fully saturated rings. The molecular formula is C15H12N2O2. The van der Waals surface area contributed by atoms with Gasteiger partial charge in [-0.15, -0.1) is 0 Å². The van der Waals surface area contributed by atoms with E-state index >= 15 is 0 Å². The summed E-state index contributed by atoms with van der Waals surface area (Å²) in [4.78, 5) is 11.2. The molecule has 1 aromatic carbocycles. The summed E-state index contributed by atoms with van der Waals surface area (Å²) in [5, 5.41) is 4.45. The van der Waals surface area contributed by atoms with Gasteiger partial charge in [0.2, 0.25) is 0 Å². The number of furan rings is 1. The summed E-state index contributed by atoms with van der Waals surface area (Å²) in [6.07, 6.45) is 4.07. The second kappa shape index (κ2) is 4.57. The molecule has 0 amide bonds. The predicted molar refractivity (Wildman–Crippen MR) is 71.4 cm³/mol. The van der Waals surface area contributed by atoms with E-state index in [9.17, 15) is 4.79 Å². The molecule has 0 radical (unpaired) electrons. The van der Waals surface area contributed by atoms with Gasteiger partial charge < -0.3 is 4.42 Å². The van der Waals surface area contributed by atoms with Crippen molar-refractivity contribution < 1.29 is 9.21 Å². The standard InChI is InChI=1S/C15H12N2O2/c1-11-5-2-3-6-13(11)17-9-12(10-18)15(16-17)14-7-4-8-19-14/h2-10H,1H3. The van der Waals surface area contributed by atoms with E-state index in [1.54, 1.807) is 29.3 Å². The number of carbonyl (C=O) groups is 1. The predicted octanol–water partition coefficient (Wildman–Crippen LogP) is 3.25. The minimum atomic E-state index is 0.512. The van der Waals surface area contributed by atoms with E-state index in [1.165, 1.54) is 0 Å². The van der Waals surface area contributed by atoms with Crippen molar-refractivity contribution in [3.05, 3.63) is 60.0 Å². The highest BCUT2D eigenvalue weighted by Gasteiger charge is 2.14. The molecule has 0 bridgehead atoms. The Kier molecular flexibility index (Phi) is 2.76. The molecule has 0 unspecified atom stereocenters. The third-order valence-corrected chi connectivity index (χ3v) is 2.99. The van der Waals surface area contributed by atoms with Crippen molar-refractivity contribution >= 4 is 6.29 Å². The molecule has 94 valence electrons. The highest BCUT2D eigenvalue weighted by molar-refractivity contribution is 5.84. The number of aldehydes is 1. The summed E-state index contributed by atoms with van der Waals surface area (Å²) in [5.41, 5.74) is 3.11. The molecule has 4 heteroatoms. The molecule has 0 N–H and O–H groups in total. The lowest BCUT2D eigenvalue weighted by atomic mass is 10.2. The average molecular weight is 252 g/mol. The molecule has 0 saturated heterocycles. The Balaban J connectivity index is 2.15. The van der Waals surface area contributed by atoms with Crippen molar-refractivity contribution in [2.75, 3.05) is 0 Å². The minimum absolute atomic E-state index is 0.512. The number of para-hydroxylation sites is 1. The van der Waals surface area contributed by atoms with Gasteiger partial charge in [-0.2, -0.15) is 5.10 Å². The Hall–Kier alpha value is -2.62. The lowest BCUT2D eigenvalue weighted by Crippen LogP contribution is -1.97. The molecule has 19 heavy (non-hydrogen) atoms. The summed E-state index contributed by atoms with van der Waals surface area (Å²) in [6.45, 7) is 2.00. The van der Waals surface area contributed by atoms with E-state index in [0.717, 1.165) is 17.5 Å². The van der Waals surface area contributed by atoms with Crippen LogP contribution in [0.25, 0.3) is 17.1 Å². The first-order valence-electron chi connectivity index (χ1n) is 5.94. The molecule has 2 heterocycles. The molecule has 4 nitrogen and oxygen atoms in total. The van der Waals surface area contributed by atoms with Crippen LogP contribution < -0.4 is 0 Å². The van der Waals surface area contributed by atoms with E-state index in [1.807, 2.05) is 31.2 Å². The number of benzene rings is 1. The Labute approximate surface area is 110 Å². The van der Waals surface area contributed by atoms with Crippen molar-refractivity contribution in [2.24, 2.45) is 0 Å². The van der Waals surface area contributed by atoms with Crippen LogP contribution in [0.3, 0.4) is 0 Å². The fourth-order valence-corrected chi connectivity index (χ4v) is 2.02. The maximum Gasteiger partial charge on any atom is 0.154 e. The first-order chi connectivity index (χ1) is 9.29. The first kappa shape index (κ1) is 11.5. The largest absolute Gasteiger partial charge is 0.463 e. The molecule has 0 aliphatic rings. The van der Waals surface area contributed by atoms with E-state index in [-0.39, 0.29) is 0 Å². The van der Waals surface area contributed by atoms with Crippen LogP contribution in [0.1, 0.15) is 15.9 Å². The average Bonchev–Trinajstić information content (AvgIpc) is 3.08. The van der Waals surface area contributed by atoms with Gasteiger partial charge in [0.1, 0.15) is 5.69 Å². The third-order valence-electron chi connectivity index (χ3n) is 2.99. The van der Waals surface area contributed by atoms with Crippen molar-refractivity contribution in [3.8, 4) is 17.1 Å². The number of hydrogen-bond acceptors (Lipinski definition) is 3. The topological polar surface area (TPSA) is 48.0 Å². The number of hydrogen-bond donors (Lipinski definition) is 0. The summed E-state index contributed by atoms with van der Waals surface area (Å²) in [6, 6.07) is 11.4. The van der Waals surface area contributed by atoms with Gasteiger partial charge in [-0.05, 0) is 30.7 Å². The zero-order valence-electron chi connectivity index (χ0n) is 10.4. The summed E-state index contributed by atoms with van der Waals surface area (Å²) < 4.78 is 7.01. The highest BCUT2D eigenvalue weighted by atomic mass is 16.3. The van der Waals surface area contributed by atoms with E-state index in [4.69, 9.17) is 4.42 Å². The highest BCUT2D eigenvalue weighted by Crippen LogP contribution is 2.23. The fourth-order valence-electron chi connectivity index (χ4n) is 2.02. The minimum Gasteiger partial charge on any atom is -0.463 e. The van der Waals surface area contributed by atoms with Crippen molar-refractivity contribution in [3.63, 3.8) is 0 Å². The Bertz CT molecular complexity index is 712. The van der Waals surface area contributed by atoms with Gasteiger partial charge in [0.05, 0.1) is 17.5 Å². The van der Waals surface area contributed by atoms with Crippen LogP contribution in [-0.4, -0.2) is 16.1 Å². The Morgan fingerprint density at radius 3 is 2.74 bits per heavy atom. The second-order valence-electron chi connectivity index (χ2n) is 4.26. The normalized spacial score (nSPS) is 10.6. The van der Waals surface area contributed by atoms with Crippen LogP contribution in [0, 0.1) is 6.92 Å². The molecule has 0 aliphatic carbocycles. The van der Waals surface area contributed by atoms with Crippen LogP contribution >= 0.6 is 0 Å². The van der Waals surface area contributed by atoms with Gasteiger partial charge in [-0.3, -0.25) is 4.79 Å². The Morgan fingerprint density at radius 1 is 1.21 bits per heavy atom. The van der Waals surface area contributed by atoms with Gasteiger partial charge in [-0.1, -0.05) is 18.2 Å². The summed E-state index contributed by atoms with van der Waals surface area (Å²) in [5.74, 6) is 0.592. The van der Waals surface area contributed by atoms with E-state index in [2.05, 4.69) is 5.10 Å².